The van der Waals surface area contributed by atoms with Crippen LogP contribution in [0.3, 0.4) is 0 Å². The van der Waals surface area contributed by atoms with Crippen molar-refractivity contribution in [3.05, 3.63) is 40.2 Å². The number of hydrogen-bond acceptors (Lipinski definition) is 4. The number of nitrogens with zero attached hydrogens (tertiary/aromatic N) is 3. The third-order valence-electron chi connectivity index (χ3n) is 2.92. The van der Waals surface area contributed by atoms with E-state index in [4.69, 9.17) is 12.2 Å². The molecule has 0 bridgehead atoms. The van der Waals surface area contributed by atoms with Crippen molar-refractivity contribution in [2.45, 2.75) is 26.8 Å². The van der Waals surface area contributed by atoms with E-state index in [1.54, 1.807) is 12.4 Å². The lowest BCUT2D eigenvalue weighted by Crippen LogP contribution is -2.26. The van der Waals surface area contributed by atoms with Crippen molar-refractivity contribution < 1.29 is 4.79 Å². The second kappa shape index (κ2) is 6.42. The standard InChI is InChI=1S/C13H17N5OS/c1-3-18-11(16-17-13(18)20)4-5-15-12(19)10-6-9(2)7-14-8-10/h6-8H,3-5H2,1-2H3,(H,15,19)(H,17,20). The zero-order valence-corrected chi connectivity index (χ0v) is 12.3. The summed E-state index contributed by atoms with van der Waals surface area (Å²) in [5, 5.41) is 9.77. The van der Waals surface area contributed by atoms with Crippen molar-refractivity contribution in [3.8, 4) is 0 Å². The average molecular weight is 291 g/mol. The quantitative estimate of drug-likeness (QED) is 0.821. The monoisotopic (exact) mass is 291 g/mol. The van der Waals surface area contributed by atoms with Crippen molar-refractivity contribution in [3.63, 3.8) is 0 Å². The van der Waals surface area contributed by atoms with Crippen LogP contribution in [0, 0.1) is 11.7 Å². The van der Waals surface area contributed by atoms with Crippen LogP contribution in [-0.2, 0) is 13.0 Å². The predicted octanol–water partition coefficient (Wildman–Crippen LogP) is 1.64. The molecule has 1 amide bonds. The van der Waals surface area contributed by atoms with Gasteiger partial charge >= 0.3 is 0 Å². The van der Waals surface area contributed by atoms with E-state index in [1.165, 1.54) is 0 Å². The van der Waals surface area contributed by atoms with Crippen molar-refractivity contribution in [2.24, 2.45) is 0 Å². The summed E-state index contributed by atoms with van der Waals surface area (Å²) in [6, 6.07) is 1.81. The van der Waals surface area contributed by atoms with Crippen molar-refractivity contribution in [2.75, 3.05) is 6.54 Å². The maximum atomic E-state index is 11.9. The van der Waals surface area contributed by atoms with E-state index in [0.717, 1.165) is 17.9 Å². The summed E-state index contributed by atoms with van der Waals surface area (Å²) >= 11 is 5.11. The number of hydrogen-bond donors (Lipinski definition) is 2. The van der Waals surface area contributed by atoms with Gasteiger partial charge in [-0.1, -0.05) is 0 Å². The zero-order chi connectivity index (χ0) is 14.5. The molecule has 0 atom stereocenters. The summed E-state index contributed by atoms with van der Waals surface area (Å²) in [5.41, 5.74) is 1.53. The number of carbonyl (C=O) groups is 1. The number of aromatic amines is 1. The first kappa shape index (κ1) is 14.4. The van der Waals surface area contributed by atoms with Gasteiger partial charge in [0.15, 0.2) is 4.77 Å². The van der Waals surface area contributed by atoms with Gasteiger partial charge in [0.25, 0.3) is 5.91 Å². The van der Waals surface area contributed by atoms with E-state index < -0.39 is 0 Å². The first-order chi connectivity index (χ1) is 9.61. The fourth-order valence-corrected chi connectivity index (χ4v) is 2.22. The van der Waals surface area contributed by atoms with Gasteiger partial charge in [-0.25, -0.2) is 0 Å². The van der Waals surface area contributed by atoms with Crippen LogP contribution >= 0.6 is 12.2 Å². The average Bonchev–Trinajstić information content (AvgIpc) is 2.79. The summed E-state index contributed by atoms with van der Waals surface area (Å²) in [4.78, 5) is 15.9. The lowest BCUT2D eigenvalue weighted by Gasteiger charge is -2.06. The normalized spacial score (nSPS) is 10.5. The molecule has 20 heavy (non-hydrogen) atoms. The minimum Gasteiger partial charge on any atom is -0.352 e. The minimum atomic E-state index is -0.126. The Balaban J connectivity index is 1.93. The number of rotatable bonds is 5. The minimum absolute atomic E-state index is 0.126. The van der Waals surface area contributed by atoms with Gasteiger partial charge in [0.2, 0.25) is 0 Å². The summed E-state index contributed by atoms with van der Waals surface area (Å²) in [6.07, 6.45) is 3.91. The van der Waals surface area contributed by atoms with Crippen LogP contribution in [0.2, 0.25) is 0 Å². The van der Waals surface area contributed by atoms with Gasteiger partial charge in [0.1, 0.15) is 5.82 Å². The summed E-state index contributed by atoms with van der Waals surface area (Å²) in [5.74, 6) is 0.721. The highest BCUT2D eigenvalue weighted by atomic mass is 32.1. The lowest BCUT2D eigenvalue weighted by atomic mass is 10.2. The summed E-state index contributed by atoms with van der Waals surface area (Å²) < 4.78 is 2.52. The van der Waals surface area contributed by atoms with Crippen molar-refractivity contribution in [1.29, 1.82) is 0 Å². The van der Waals surface area contributed by atoms with Crippen LogP contribution in [0.4, 0.5) is 0 Å². The Labute approximate surface area is 122 Å². The number of H-pyrrole nitrogens is 1. The Hall–Kier alpha value is -2.02. The lowest BCUT2D eigenvalue weighted by molar-refractivity contribution is 0.0953. The molecule has 0 saturated carbocycles. The maximum absolute atomic E-state index is 11.9. The SMILES string of the molecule is CCn1c(CCNC(=O)c2cncc(C)c2)n[nH]c1=S. The topological polar surface area (TPSA) is 75.6 Å². The van der Waals surface area contributed by atoms with E-state index >= 15 is 0 Å². The number of nitrogens with one attached hydrogen (secondary N) is 2. The second-order valence-corrected chi connectivity index (χ2v) is 4.83. The molecule has 0 saturated heterocycles. The molecular formula is C13H17N5OS. The third kappa shape index (κ3) is 3.30. The smallest absolute Gasteiger partial charge is 0.252 e. The van der Waals surface area contributed by atoms with Crippen molar-refractivity contribution >= 4 is 18.1 Å². The Morgan fingerprint density at radius 3 is 3.00 bits per heavy atom. The van der Waals surface area contributed by atoms with Gasteiger partial charge in [-0.3, -0.25) is 14.9 Å². The Morgan fingerprint density at radius 2 is 2.30 bits per heavy atom. The molecular weight excluding hydrogens is 274 g/mol. The molecule has 0 unspecified atom stereocenters. The second-order valence-electron chi connectivity index (χ2n) is 4.45. The van der Waals surface area contributed by atoms with E-state index in [-0.39, 0.29) is 5.91 Å². The van der Waals surface area contributed by atoms with Crippen LogP contribution in [-0.4, -0.2) is 32.2 Å². The highest BCUT2D eigenvalue weighted by Crippen LogP contribution is 2.02. The first-order valence-corrected chi connectivity index (χ1v) is 6.86. The zero-order valence-electron chi connectivity index (χ0n) is 11.5. The van der Waals surface area contributed by atoms with Gasteiger partial charge in [0, 0.05) is 31.9 Å². The summed E-state index contributed by atoms with van der Waals surface area (Å²) in [6.45, 7) is 5.18. The van der Waals surface area contributed by atoms with Gasteiger partial charge in [-0.2, -0.15) is 5.10 Å². The van der Waals surface area contributed by atoms with Gasteiger partial charge < -0.3 is 9.88 Å². The number of aryl methyl sites for hydroxylation is 1. The third-order valence-corrected chi connectivity index (χ3v) is 3.24. The molecule has 6 nitrogen and oxygen atoms in total. The van der Waals surface area contributed by atoms with Gasteiger partial charge in [-0.05, 0) is 37.7 Å². The molecule has 0 radical (unpaired) electrons. The highest BCUT2D eigenvalue weighted by molar-refractivity contribution is 7.71. The van der Waals surface area contributed by atoms with Crippen LogP contribution in [0.5, 0.6) is 0 Å². The molecule has 0 spiro atoms. The van der Waals surface area contributed by atoms with Crippen LogP contribution in [0.25, 0.3) is 0 Å². The molecule has 7 heteroatoms. The number of carbonyl (C=O) groups excluding carboxylic acids is 1. The molecule has 2 aromatic rings. The number of aromatic nitrogens is 4. The molecule has 0 aliphatic heterocycles. The molecule has 106 valence electrons. The Kier molecular flexibility index (Phi) is 4.62. The predicted molar refractivity (Wildman–Crippen MR) is 78.1 cm³/mol. The van der Waals surface area contributed by atoms with E-state index in [0.29, 0.717) is 23.3 Å². The van der Waals surface area contributed by atoms with Gasteiger partial charge in [0.05, 0.1) is 5.56 Å². The van der Waals surface area contributed by atoms with E-state index in [1.807, 2.05) is 24.5 Å². The Bertz CT molecular complexity index is 661. The van der Waals surface area contributed by atoms with E-state index in [2.05, 4.69) is 20.5 Å². The molecule has 0 fully saturated rings. The van der Waals surface area contributed by atoms with Gasteiger partial charge in [-0.15, -0.1) is 0 Å². The fraction of sp³-hybridized carbons (Fsp3) is 0.385. The Morgan fingerprint density at radius 1 is 1.50 bits per heavy atom. The molecule has 0 aliphatic carbocycles. The largest absolute Gasteiger partial charge is 0.352 e. The molecule has 0 aliphatic rings. The molecule has 2 aromatic heterocycles. The first-order valence-electron chi connectivity index (χ1n) is 6.45. The van der Waals surface area contributed by atoms with Crippen molar-refractivity contribution in [1.82, 2.24) is 25.1 Å². The van der Waals surface area contributed by atoms with Crippen LogP contribution in [0.15, 0.2) is 18.5 Å². The molecule has 2 rings (SSSR count). The van der Waals surface area contributed by atoms with Crippen LogP contribution in [0.1, 0.15) is 28.7 Å². The number of pyridine rings is 1. The van der Waals surface area contributed by atoms with Crippen LogP contribution < -0.4 is 5.32 Å². The fourth-order valence-electron chi connectivity index (χ4n) is 1.94. The molecule has 2 heterocycles. The highest BCUT2D eigenvalue weighted by Gasteiger charge is 2.08. The van der Waals surface area contributed by atoms with E-state index in [9.17, 15) is 4.79 Å². The summed E-state index contributed by atoms with van der Waals surface area (Å²) in [7, 11) is 0. The molecule has 0 aromatic carbocycles. The molecule has 2 N–H and O–H groups in total. The number of amides is 1. The maximum Gasteiger partial charge on any atom is 0.252 e.